The molecule has 0 atom stereocenters. The van der Waals surface area contributed by atoms with Gasteiger partial charge in [0, 0.05) is 23.1 Å². The van der Waals surface area contributed by atoms with E-state index in [1.165, 1.54) is 0 Å². The number of allylic oxidation sites excluding steroid dienone is 1. The van der Waals surface area contributed by atoms with E-state index in [0.29, 0.717) is 22.3 Å². The average molecular weight is 340 g/mol. The molecule has 0 saturated heterocycles. The minimum absolute atomic E-state index is 0.0361. The van der Waals surface area contributed by atoms with Crippen LogP contribution in [-0.4, -0.2) is 16.7 Å². The molecule has 2 heterocycles. The third kappa shape index (κ3) is 1.93. The van der Waals surface area contributed by atoms with Crippen molar-refractivity contribution in [1.82, 2.24) is 4.98 Å². The SMILES string of the molecule is Cc1ccc(N2C(=O)c3c4c(nc5ccc(C)cc35)C(=O)CC=C42)cc1. The van der Waals surface area contributed by atoms with Gasteiger partial charge >= 0.3 is 0 Å². The highest BCUT2D eigenvalue weighted by molar-refractivity contribution is 6.30. The Labute approximate surface area is 150 Å². The lowest BCUT2D eigenvalue weighted by Gasteiger charge is -2.21. The number of nitrogens with zero attached hydrogens (tertiary/aromatic N) is 2. The van der Waals surface area contributed by atoms with Crippen LogP contribution in [0.2, 0.25) is 0 Å². The molecule has 0 fully saturated rings. The van der Waals surface area contributed by atoms with Crippen molar-refractivity contribution < 1.29 is 9.59 Å². The Hall–Kier alpha value is -3.27. The van der Waals surface area contributed by atoms with Crippen molar-refractivity contribution in [2.24, 2.45) is 0 Å². The van der Waals surface area contributed by atoms with Crippen LogP contribution in [0.3, 0.4) is 0 Å². The number of aromatic nitrogens is 1. The van der Waals surface area contributed by atoms with Crippen molar-refractivity contribution in [2.75, 3.05) is 4.90 Å². The topological polar surface area (TPSA) is 50.3 Å². The summed E-state index contributed by atoms with van der Waals surface area (Å²) >= 11 is 0. The summed E-state index contributed by atoms with van der Waals surface area (Å²) in [6.45, 7) is 4.01. The van der Waals surface area contributed by atoms with Crippen LogP contribution in [0.4, 0.5) is 5.69 Å². The van der Waals surface area contributed by atoms with Gasteiger partial charge < -0.3 is 0 Å². The molecule has 1 amide bonds. The molecule has 26 heavy (non-hydrogen) atoms. The lowest BCUT2D eigenvalue weighted by molar-refractivity contribution is 0.0987. The number of Topliss-reactive ketones (excluding diaryl/α,β-unsaturated/α-hetero) is 1. The van der Waals surface area contributed by atoms with E-state index >= 15 is 0 Å². The second-order valence-corrected chi connectivity index (χ2v) is 6.92. The first-order chi connectivity index (χ1) is 12.5. The lowest BCUT2D eigenvalue weighted by atomic mass is 9.93. The predicted octanol–water partition coefficient (Wildman–Crippen LogP) is 4.44. The summed E-state index contributed by atoms with van der Waals surface area (Å²) in [4.78, 5) is 32.2. The molecule has 2 aromatic carbocycles. The van der Waals surface area contributed by atoms with Crippen molar-refractivity contribution in [1.29, 1.82) is 0 Å². The number of hydrogen-bond acceptors (Lipinski definition) is 3. The van der Waals surface area contributed by atoms with Crippen LogP contribution in [0.5, 0.6) is 0 Å². The van der Waals surface area contributed by atoms with Gasteiger partial charge in [-0.1, -0.05) is 35.4 Å². The second kappa shape index (κ2) is 5.11. The normalized spacial score (nSPS) is 15.5. The van der Waals surface area contributed by atoms with E-state index in [2.05, 4.69) is 4.98 Å². The lowest BCUT2D eigenvalue weighted by Crippen LogP contribution is -2.23. The van der Waals surface area contributed by atoms with Crippen LogP contribution in [0.25, 0.3) is 16.6 Å². The zero-order valence-corrected chi connectivity index (χ0v) is 14.5. The summed E-state index contributed by atoms with van der Waals surface area (Å²) in [6.07, 6.45) is 2.12. The molecule has 0 bridgehead atoms. The van der Waals surface area contributed by atoms with Gasteiger partial charge in [-0.05, 0) is 38.1 Å². The molecule has 5 rings (SSSR count). The number of hydrogen-bond donors (Lipinski definition) is 0. The number of amides is 1. The Morgan fingerprint density at radius 1 is 0.923 bits per heavy atom. The molecule has 126 valence electrons. The summed E-state index contributed by atoms with van der Waals surface area (Å²) in [5.74, 6) is -0.130. The minimum atomic E-state index is -0.0935. The number of ketones is 1. The minimum Gasteiger partial charge on any atom is -0.292 e. The van der Waals surface area contributed by atoms with Crippen molar-refractivity contribution >= 4 is 34.0 Å². The smallest absolute Gasteiger partial charge is 0.264 e. The van der Waals surface area contributed by atoms with Crippen molar-refractivity contribution in [3.63, 3.8) is 0 Å². The van der Waals surface area contributed by atoms with Gasteiger partial charge in [-0.15, -0.1) is 0 Å². The van der Waals surface area contributed by atoms with E-state index in [1.54, 1.807) is 4.90 Å². The van der Waals surface area contributed by atoms with Crippen LogP contribution in [0.1, 0.15) is 44.0 Å². The highest BCUT2D eigenvalue weighted by atomic mass is 16.2. The van der Waals surface area contributed by atoms with Gasteiger partial charge in [-0.2, -0.15) is 0 Å². The predicted molar refractivity (Wildman–Crippen MR) is 101 cm³/mol. The Kier molecular flexibility index (Phi) is 2.95. The van der Waals surface area contributed by atoms with Crippen LogP contribution < -0.4 is 4.90 Å². The molecule has 2 aliphatic rings. The van der Waals surface area contributed by atoms with Gasteiger partial charge in [-0.25, -0.2) is 4.98 Å². The second-order valence-electron chi connectivity index (χ2n) is 6.92. The number of anilines is 1. The highest BCUT2D eigenvalue weighted by Crippen LogP contribution is 2.43. The molecule has 0 spiro atoms. The summed E-state index contributed by atoms with van der Waals surface area (Å²) < 4.78 is 0. The number of carbonyl (C=O) groups is 2. The summed E-state index contributed by atoms with van der Waals surface area (Å²) in [5.41, 5.74) is 6.16. The van der Waals surface area contributed by atoms with Crippen LogP contribution in [0.15, 0.2) is 48.5 Å². The maximum Gasteiger partial charge on any atom is 0.264 e. The molecule has 3 aromatic rings. The van der Waals surface area contributed by atoms with E-state index in [4.69, 9.17) is 0 Å². The first kappa shape index (κ1) is 15.0. The molecule has 4 nitrogen and oxygen atoms in total. The average Bonchev–Trinajstić information content (AvgIpc) is 2.93. The molecule has 0 saturated carbocycles. The van der Waals surface area contributed by atoms with Crippen molar-refractivity contribution in [3.05, 3.63) is 76.5 Å². The van der Waals surface area contributed by atoms with E-state index in [9.17, 15) is 9.59 Å². The molecule has 1 aromatic heterocycles. The third-order valence-corrected chi connectivity index (χ3v) is 5.09. The first-order valence-corrected chi connectivity index (χ1v) is 8.64. The van der Waals surface area contributed by atoms with E-state index in [1.807, 2.05) is 62.4 Å². The van der Waals surface area contributed by atoms with Crippen LogP contribution >= 0.6 is 0 Å². The van der Waals surface area contributed by atoms with E-state index < -0.39 is 0 Å². The number of aryl methyl sites for hydroxylation is 2. The fraction of sp³-hybridized carbons (Fsp3) is 0.136. The summed E-state index contributed by atoms with van der Waals surface area (Å²) in [7, 11) is 0. The quantitative estimate of drug-likeness (QED) is 0.658. The van der Waals surface area contributed by atoms with Crippen LogP contribution in [0, 0.1) is 13.8 Å². The number of rotatable bonds is 1. The van der Waals surface area contributed by atoms with Crippen molar-refractivity contribution in [3.8, 4) is 0 Å². The highest BCUT2D eigenvalue weighted by Gasteiger charge is 2.40. The Bertz CT molecular complexity index is 1160. The van der Waals surface area contributed by atoms with Gasteiger partial charge in [0.1, 0.15) is 5.69 Å². The Morgan fingerprint density at radius 3 is 2.42 bits per heavy atom. The third-order valence-electron chi connectivity index (χ3n) is 5.09. The van der Waals surface area contributed by atoms with Crippen molar-refractivity contribution in [2.45, 2.75) is 20.3 Å². The van der Waals surface area contributed by atoms with Gasteiger partial charge in [-0.3, -0.25) is 14.5 Å². The zero-order valence-electron chi connectivity index (χ0n) is 14.5. The van der Waals surface area contributed by atoms with E-state index in [-0.39, 0.29) is 18.1 Å². The van der Waals surface area contributed by atoms with Gasteiger partial charge in [0.2, 0.25) is 0 Å². The molecule has 0 radical (unpaired) electrons. The number of pyridine rings is 1. The Morgan fingerprint density at radius 2 is 1.65 bits per heavy atom. The molecular weight excluding hydrogens is 324 g/mol. The number of benzene rings is 2. The summed E-state index contributed by atoms with van der Waals surface area (Å²) in [6, 6.07) is 13.7. The molecule has 4 heteroatoms. The fourth-order valence-electron chi connectivity index (χ4n) is 3.81. The largest absolute Gasteiger partial charge is 0.292 e. The monoisotopic (exact) mass is 340 g/mol. The number of fused-ring (bicyclic) bond motifs is 2. The molecule has 0 N–H and O–H groups in total. The van der Waals surface area contributed by atoms with Gasteiger partial charge in [0.15, 0.2) is 5.78 Å². The standard InChI is InChI=1S/C22H16N2O2/c1-12-3-6-14(7-4-12)24-17-9-10-18(25)21-20(17)19(22(24)26)15-11-13(2)5-8-16(15)23-21/h3-9,11H,10H2,1-2H3. The molecular formula is C22H16N2O2. The molecule has 0 unspecified atom stereocenters. The van der Waals surface area contributed by atoms with E-state index in [0.717, 1.165) is 27.9 Å². The summed E-state index contributed by atoms with van der Waals surface area (Å²) in [5, 5.41) is 0.809. The molecule has 1 aliphatic heterocycles. The number of carbonyl (C=O) groups excluding carboxylic acids is 2. The first-order valence-electron chi connectivity index (χ1n) is 8.64. The maximum atomic E-state index is 13.4. The molecule has 1 aliphatic carbocycles. The Balaban J connectivity index is 1.84. The van der Waals surface area contributed by atoms with Crippen LogP contribution in [-0.2, 0) is 0 Å². The maximum absolute atomic E-state index is 13.4. The fourth-order valence-corrected chi connectivity index (χ4v) is 3.81. The zero-order chi connectivity index (χ0) is 18.0. The van der Waals surface area contributed by atoms with Gasteiger partial charge in [0.25, 0.3) is 5.91 Å². The van der Waals surface area contributed by atoms with Gasteiger partial charge in [0.05, 0.1) is 16.8 Å².